The molecule has 0 spiro atoms. The highest BCUT2D eigenvalue weighted by molar-refractivity contribution is 5.81. The molecule has 0 saturated carbocycles. The van der Waals surface area contributed by atoms with E-state index >= 15 is 0 Å². The highest BCUT2D eigenvalue weighted by Gasteiger charge is 2.13. The molecule has 7 nitrogen and oxygen atoms in total. The molecule has 7 heteroatoms. The van der Waals surface area contributed by atoms with Crippen molar-refractivity contribution in [2.45, 2.75) is 50.6 Å². The largest absolute Gasteiger partial charge is 0.480 e. The van der Waals surface area contributed by atoms with Gasteiger partial charge in [-0.25, -0.2) is 0 Å². The van der Waals surface area contributed by atoms with Gasteiger partial charge in [-0.2, -0.15) is 0 Å². The van der Waals surface area contributed by atoms with Crippen molar-refractivity contribution < 1.29 is 14.7 Å². The molecule has 0 aromatic carbocycles. The number of aliphatic carboxylic acids is 1. The van der Waals surface area contributed by atoms with Crippen molar-refractivity contribution in [2.24, 2.45) is 17.2 Å². The van der Waals surface area contributed by atoms with Gasteiger partial charge in [0.15, 0.2) is 0 Å². The molecule has 1 amide bonds. The molecule has 0 aromatic heterocycles. The lowest BCUT2D eigenvalue weighted by Gasteiger charge is -2.12. The van der Waals surface area contributed by atoms with Crippen LogP contribution in [0.15, 0.2) is 0 Å². The predicted octanol–water partition coefficient (Wildman–Crippen LogP) is -0.859. The van der Waals surface area contributed by atoms with Gasteiger partial charge in [-0.05, 0) is 38.6 Å². The van der Waals surface area contributed by atoms with Crippen LogP contribution in [0.1, 0.15) is 38.5 Å². The van der Waals surface area contributed by atoms with Crippen LogP contribution in [0.4, 0.5) is 0 Å². The van der Waals surface area contributed by atoms with Crippen LogP contribution in [0.3, 0.4) is 0 Å². The van der Waals surface area contributed by atoms with Crippen molar-refractivity contribution in [3.05, 3.63) is 0 Å². The molecular formula is C12H26N4O3. The number of carbonyl (C=O) groups excluding carboxylic acids is 1. The normalized spacial score (nSPS) is 13.8. The minimum Gasteiger partial charge on any atom is -0.480 e. The zero-order valence-electron chi connectivity index (χ0n) is 11.3. The van der Waals surface area contributed by atoms with E-state index in [0.29, 0.717) is 38.8 Å². The topological polar surface area (TPSA) is 144 Å². The van der Waals surface area contributed by atoms with Gasteiger partial charge in [0.1, 0.15) is 6.04 Å². The Bertz CT molecular complexity index is 274. The molecule has 0 radical (unpaired) electrons. The molecule has 0 unspecified atom stereocenters. The fourth-order valence-corrected chi connectivity index (χ4v) is 1.60. The number of hydrogen-bond donors (Lipinski definition) is 5. The Hall–Kier alpha value is -1.18. The first-order valence-corrected chi connectivity index (χ1v) is 6.70. The number of carbonyl (C=O) groups is 2. The van der Waals surface area contributed by atoms with Gasteiger partial charge in [-0.1, -0.05) is 6.42 Å². The van der Waals surface area contributed by atoms with Crippen LogP contribution in [0.25, 0.3) is 0 Å². The van der Waals surface area contributed by atoms with E-state index in [1.165, 1.54) is 0 Å². The molecule has 0 saturated heterocycles. The third-order valence-corrected chi connectivity index (χ3v) is 2.86. The monoisotopic (exact) mass is 274 g/mol. The van der Waals surface area contributed by atoms with Crippen molar-refractivity contribution >= 4 is 11.9 Å². The second-order valence-electron chi connectivity index (χ2n) is 4.62. The Balaban J connectivity index is 3.54. The average molecular weight is 274 g/mol. The minimum atomic E-state index is -0.994. The van der Waals surface area contributed by atoms with E-state index in [0.717, 1.165) is 12.8 Å². The van der Waals surface area contributed by atoms with Crippen LogP contribution in [0, 0.1) is 0 Å². The van der Waals surface area contributed by atoms with E-state index in [4.69, 9.17) is 22.3 Å². The lowest BCUT2D eigenvalue weighted by Crippen LogP contribution is -2.41. The van der Waals surface area contributed by atoms with Crippen LogP contribution >= 0.6 is 0 Å². The molecule has 0 fully saturated rings. The molecule has 2 atom stereocenters. The van der Waals surface area contributed by atoms with Crippen molar-refractivity contribution in [1.29, 1.82) is 0 Å². The van der Waals surface area contributed by atoms with Crippen LogP contribution in [-0.2, 0) is 9.59 Å². The summed E-state index contributed by atoms with van der Waals surface area (Å²) in [6, 6.07) is -1.32. The maximum Gasteiger partial charge on any atom is 0.320 e. The summed E-state index contributed by atoms with van der Waals surface area (Å²) in [5.74, 6) is -1.16. The first-order chi connectivity index (χ1) is 8.99. The molecule has 0 aliphatic carbocycles. The first-order valence-electron chi connectivity index (χ1n) is 6.70. The van der Waals surface area contributed by atoms with Gasteiger partial charge < -0.3 is 27.6 Å². The number of nitrogens with one attached hydrogen (secondary N) is 1. The third-order valence-electron chi connectivity index (χ3n) is 2.86. The summed E-state index contributed by atoms with van der Waals surface area (Å²) >= 11 is 0. The number of rotatable bonds is 11. The molecule has 19 heavy (non-hydrogen) atoms. The Labute approximate surface area is 113 Å². The second-order valence-corrected chi connectivity index (χ2v) is 4.62. The summed E-state index contributed by atoms with van der Waals surface area (Å²) in [5, 5.41) is 11.3. The summed E-state index contributed by atoms with van der Waals surface area (Å²) in [6.07, 6.45) is 4.12. The number of unbranched alkanes of at least 4 members (excludes halogenated alkanes) is 2. The smallest absolute Gasteiger partial charge is 0.320 e. The van der Waals surface area contributed by atoms with Crippen LogP contribution in [0.2, 0.25) is 0 Å². The lowest BCUT2D eigenvalue weighted by atomic mass is 10.1. The highest BCUT2D eigenvalue weighted by atomic mass is 16.4. The summed E-state index contributed by atoms with van der Waals surface area (Å²) < 4.78 is 0. The molecule has 0 bridgehead atoms. The molecule has 0 aliphatic rings. The van der Waals surface area contributed by atoms with Gasteiger partial charge in [0, 0.05) is 6.54 Å². The van der Waals surface area contributed by atoms with Crippen molar-refractivity contribution in [3.8, 4) is 0 Å². The summed E-state index contributed by atoms with van der Waals surface area (Å²) in [5.41, 5.74) is 16.4. The van der Waals surface area contributed by atoms with Gasteiger partial charge in [0.05, 0.1) is 6.04 Å². The lowest BCUT2D eigenvalue weighted by molar-refractivity contribution is -0.138. The number of carboxylic acid groups (broad SMARTS) is 1. The SMILES string of the molecule is NCCCC[C@H](N)C(=O)NCCCC[C@H](N)C(=O)O. The van der Waals surface area contributed by atoms with Crippen LogP contribution in [-0.4, -0.2) is 42.2 Å². The predicted molar refractivity (Wildman–Crippen MR) is 73.4 cm³/mol. The van der Waals surface area contributed by atoms with Gasteiger partial charge in [-0.15, -0.1) is 0 Å². The van der Waals surface area contributed by atoms with Gasteiger partial charge in [0.2, 0.25) is 5.91 Å². The van der Waals surface area contributed by atoms with E-state index in [-0.39, 0.29) is 5.91 Å². The summed E-state index contributed by atoms with van der Waals surface area (Å²) in [4.78, 5) is 22.0. The Morgan fingerprint density at radius 1 is 1.00 bits per heavy atom. The fourth-order valence-electron chi connectivity index (χ4n) is 1.60. The Morgan fingerprint density at radius 3 is 2.16 bits per heavy atom. The quantitative estimate of drug-likeness (QED) is 0.310. The molecule has 0 aromatic rings. The van der Waals surface area contributed by atoms with E-state index in [2.05, 4.69) is 5.32 Å². The maximum absolute atomic E-state index is 11.6. The summed E-state index contributed by atoms with van der Waals surface area (Å²) in [6.45, 7) is 1.11. The zero-order chi connectivity index (χ0) is 14.7. The number of carboxylic acids is 1. The number of hydrogen-bond acceptors (Lipinski definition) is 5. The van der Waals surface area contributed by atoms with Crippen LogP contribution < -0.4 is 22.5 Å². The number of amides is 1. The summed E-state index contributed by atoms with van der Waals surface area (Å²) in [7, 11) is 0. The molecule has 8 N–H and O–H groups in total. The van der Waals surface area contributed by atoms with Crippen molar-refractivity contribution in [3.63, 3.8) is 0 Å². The van der Waals surface area contributed by atoms with Crippen molar-refractivity contribution in [2.75, 3.05) is 13.1 Å². The van der Waals surface area contributed by atoms with Crippen molar-refractivity contribution in [1.82, 2.24) is 5.32 Å². The van der Waals surface area contributed by atoms with E-state index in [9.17, 15) is 9.59 Å². The minimum absolute atomic E-state index is 0.167. The highest BCUT2D eigenvalue weighted by Crippen LogP contribution is 2.00. The molecule has 0 rings (SSSR count). The molecular weight excluding hydrogens is 248 g/mol. The second kappa shape index (κ2) is 10.7. The van der Waals surface area contributed by atoms with Gasteiger partial charge >= 0.3 is 5.97 Å². The number of nitrogens with two attached hydrogens (primary N) is 3. The third kappa shape index (κ3) is 9.40. The van der Waals surface area contributed by atoms with Gasteiger partial charge in [0.25, 0.3) is 0 Å². The van der Waals surface area contributed by atoms with E-state index in [1.54, 1.807) is 0 Å². The molecule has 0 heterocycles. The average Bonchev–Trinajstić information content (AvgIpc) is 2.37. The Kier molecular flexibility index (Phi) is 10.1. The van der Waals surface area contributed by atoms with Gasteiger partial charge in [-0.3, -0.25) is 9.59 Å². The molecule has 112 valence electrons. The first kappa shape index (κ1) is 17.8. The maximum atomic E-state index is 11.6. The standard InChI is InChI=1S/C12H26N4O3/c13-7-3-1-5-9(14)11(17)16-8-4-2-6-10(15)12(18)19/h9-10H,1-8,13-15H2,(H,16,17)(H,18,19)/t9-,10-/m0/s1. The fraction of sp³-hybridized carbons (Fsp3) is 0.833. The Morgan fingerprint density at radius 2 is 1.58 bits per heavy atom. The van der Waals surface area contributed by atoms with E-state index in [1.807, 2.05) is 0 Å². The zero-order valence-corrected chi connectivity index (χ0v) is 11.3. The van der Waals surface area contributed by atoms with Crippen LogP contribution in [0.5, 0.6) is 0 Å². The van der Waals surface area contributed by atoms with E-state index < -0.39 is 18.1 Å². The molecule has 0 aliphatic heterocycles.